The first-order valence-corrected chi connectivity index (χ1v) is 20.5. The molecule has 2 aromatic carbocycles. The van der Waals surface area contributed by atoms with E-state index in [0.717, 1.165) is 48.7 Å². The van der Waals surface area contributed by atoms with E-state index in [0.29, 0.717) is 12.0 Å². The molecule has 5 rings (SSSR count). The monoisotopic (exact) mass is 800 g/mol. The van der Waals surface area contributed by atoms with Crippen LogP contribution >= 0.6 is 33.3 Å². The number of nitrogens with one attached hydrogen (secondary N) is 4. The van der Waals surface area contributed by atoms with Crippen LogP contribution in [0, 0.1) is 0 Å². The summed E-state index contributed by atoms with van der Waals surface area (Å²) < 4.78 is 0. The number of thioether (sulfide) groups is 1. The minimum atomic E-state index is -1.72. The fourth-order valence-corrected chi connectivity index (χ4v) is 9.68. The highest BCUT2D eigenvalue weighted by Gasteiger charge is 2.39. The Morgan fingerprint density at radius 3 is 2.35 bits per heavy atom. The van der Waals surface area contributed by atoms with Crippen LogP contribution in [0.1, 0.15) is 40.7 Å². The molecule has 0 saturated carbocycles. The molecular formula is C34H40N8O9S3. The molecule has 1 aliphatic carbocycles. The van der Waals surface area contributed by atoms with Gasteiger partial charge in [-0.05, 0) is 47.6 Å². The van der Waals surface area contributed by atoms with Crippen LogP contribution < -0.4 is 32.7 Å². The molecule has 2 fully saturated rings. The number of fused-ring (bicyclic) bond motifs is 4. The van der Waals surface area contributed by atoms with E-state index in [1.54, 1.807) is 12.1 Å². The molecule has 5 atom stereocenters. The molecule has 3 aliphatic rings. The van der Waals surface area contributed by atoms with Crippen molar-refractivity contribution >= 4 is 80.8 Å². The summed E-state index contributed by atoms with van der Waals surface area (Å²) in [6, 6.07) is 6.47. The maximum Gasteiger partial charge on any atom is 0.327 e. The van der Waals surface area contributed by atoms with Crippen LogP contribution in [0.3, 0.4) is 0 Å². The normalized spacial score (nSPS) is 22.1. The second kappa shape index (κ2) is 18.4. The van der Waals surface area contributed by atoms with E-state index in [4.69, 9.17) is 11.5 Å². The minimum absolute atomic E-state index is 0.0566. The van der Waals surface area contributed by atoms with Gasteiger partial charge in [-0.3, -0.25) is 29.0 Å². The molecule has 54 heavy (non-hydrogen) atoms. The number of amides is 5. The fourth-order valence-electron chi connectivity index (χ4n) is 6.18. The number of rotatable bonds is 10. The molecule has 288 valence electrons. The average Bonchev–Trinajstić information content (AvgIpc) is 3.78. The van der Waals surface area contributed by atoms with Gasteiger partial charge in [0.15, 0.2) is 5.96 Å². The number of guanidine groups is 1. The van der Waals surface area contributed by atoms with E-state index in [-0.39, 0.29) is 48.5 Å². The summed E-state index contributed by atoms with van der Waals surface area (Å²) in [5.41, 5.74) is 15.1. The summed E-state index contributed by atoms with van der Waals surface area (Å²) in [7, 11) is 2.02. The first-order chi connectivity index (χ1) is 25.8. The van der Waals surface area contributed by atoms with Crippen molar-refractivity contribution < 1.29 is 43.8 Å². The van der Waals surface area contributed by atoms with Gasteiger partial charge in [0.2, 0.25) is 23.6 Å². The summed E-state index contributed by atoms with van der Waals surface area (Å²) in [6.07, 6.45) is 0.133. The molecule has 2 aliphatic heterocycles. The van der Waals surface area contributed by atoms with Gasteiger partial charge in [-0.1, -0.05) is 58.0 Å². The Kier molecular flexibility index (Phi) is 13.7. The third kappa shape index (κ3) is 9.97. The summed E-state index contributed by atoms with van der Waals surface area (Å²) in [4.78, 5) is 97.0. The molecule has 10 N–H and O–H groups in total. The topological polar surface area (TPSA) is 276 Å². The van der Waals surface area contributed by atoms with Crippen molar-refractivity contribution in [3.63, 3.8) is 0 Å². The van der Waals surface area contributed by atoms with Crippen molar-refractivity contribution in [2.45, 2.75) is 55.9 Å². The number of carbonyl (C=O) groups excluding carboxylic acids is 5. The van der Waals surface area contributed by atoms with E-state index < -0.39 is 78.1 Å². The lowest BCUT2D eigenvalue weighted by Crippen LogP contribution is -2.57. The largest absolute Gasteiger partial charge is 0.480 e. The molecule has 20 heteroatoms. The van der Waals surface area contributed by atoms with Gasteiger partial charge in [0.05, 0.1) is 12.3 Å². The number of hydrogen-bond acceptors (Lipinski definition) is 11. The second-order valence-electron chi connectivity index (χ2n) is 12.7. The summed E-state index contributed by atoms with van der Waals surface area (Å²) in [5.74, 6) is -6.70. The van der Waals surface area contributed by atoms with Gasteiger partial charge in [0.1, 0.15) is 30.2 Å². The van der Waals surface area contributed by atoms with Crippen LogP contribution in [0.4, 0.5) is 0 Å². The Morgan fingerprint density at radius 2 is 1.61 bits per heavy atom. The lowest BCUT2D eigenvalue weighted by molar-refractivity contribution is -0.147. The van der Waals surface area contributed by atoms with Crippen molar-refractivity contribution in [1.29, 1.82) is 0 Å². The van der Waals surface area contributed by atoms with Crippen LogP contribution in [0.25, 0.3) is 11.1 Å². The molecule has 0 radical (unpaired) electrons. The Morgan fingerprint density at radius 1 is 0.907 bits per heavy atom. The molecule has 0 aromatic heterocycles. The lowest BCUT2D eigenvalue weighted by atomic mass is 10.00. The quantitative estimate of drug-likeness (QED) is 0.0567. The SMILES string of the molecule is NC(N)=NCCC[C@H](NC(=O)c1cccc2c1Cc1ccccc1-2)C(=O)N[C@H]1CSSC[C@@H](C(=O)O)NC(=O)[C@@H]2CSCN2C(=O)C[C@@H](C(=O)O)NC1=O. The molecule has 2 heterocycles. The first kappa shape index (κ1) is 40.2. The maximum absolute atomic E-state index is 13.9. The van der Waals surface area contributed by atoms with E-state index in [1.165, 1.54) is 11.8 Å². The summed E-state index contributed by atoms with van der Waals surface area (Å²) >= 11 is 1.24. The zero-order valence-corrected chi connectivity index (χ0v) is 31.3. The van der Waals surface area contributed by atoms with E-state index in [2.05, 4.69) is 26.3 Å². The Labute approximate surface area is 322 Å². The molecule has 2 aromatic rings. The van der Waals surface area contributed by atoms with Crippen molar-refractivity contribution in [3.8, 4) is 11.1 Å². The zero-order chi connectivity index (χ0) is 38.9. The smallest absolute Gasteiger partial charge is 0.327 e. The first-order valence-electron chi connectivity index (χ1n) is 16.9. The number of hydrogen-bond donors (Lipinski definition) is 8. The molecular weight excluding hydrogens is 761 g/mol. The minimum Gasteiger partial charge on any atom is -0.480 e. The number of benzene rings is 2. The van der Waals surface area contributed by atoms with Gasteiger partial charge in [0.25, 0.3) is 5.91 Å². The van der Waals surface area contributed by atoms with Crippen LogP contribution in [0.5, 0.6) is 0 Å². The van der Waals surface area contributed by atoms with E-state index in [1.807, 2.05) is 30.3 Å². The van der Waals surface area contributed by atoms with Crippen molar-refractivity contribution in [2.75, 3.05) is 29.7 Å². The predicted octanol–water partition coefficient (Wildman–Crippen LogP) is -0.280. The van der Waals surface area contributed by atoms with Gasteiger partial charge in [-0.25, -0.2) is 9.59 Å². The summed E-state index contributed by atoms with van der Waals surface area (Å²) in [5, 5.41) is 29.9. The van der Waals surface area contributed by atoms with Gasteiger partial charge < -0.3 is 47.8 Å². The van der Waals surface area contributed by atoms with Crippen LogP contribution in [-0.4, -0.2) is 122 Å². The van der Waals surface area contributed by atoms with Crippen molar-refractivity contribution in [3.05, 3.63) is 59.2 Å². The predicted molar refractivity (Wildman–Crippen MR) is 204 cm³/mol. The van der Waals surface area contributed by atoms with Crippen molar-refractivity contribution in [1.82, 2.24) is 26.2 Å². The molecule has 17 nitrogen and oxygen atoms in total. The Bertz CT molecular complexity index is 1840. The Hall–Kier alpha value is -4.95. The number of aliphatic imine (C=N–C) groups is 1. The average molecular weight is 801 g/mol. The molecule has 0 unspecified atom stereocenters. The molecule has 0 spiro atoms. The summed E-state index contributed by atoms with van der Waals surface area (Å²) in [6.45, 7) is 0.139. The van der Waals surface area contributed by atoms with Gasteiger partial charge in [-0.2, -0.15) is 0 Å². The highest BCUT2D eigenvalue weighted by Crippen LogP contribution is 2.38. The van der Waals surface area contributed by atoms with E-state index >= 15 is 0 Å². The van der Waals surface area contributed by atoms with Crippen LogP contribution in [-0.2, 0) is 35.2 Å². The fraction of sp³-hybridized carbons (Fsp3) is 0.412. The number of carbonyl (C=O) groups is 7. The maximum atomic E-state index is 13.9. The number of carboxylic acid groups (broad SMARTS) is 2. The molecule has 5 amide bonds. The van der Waals surface area contributed by atoms with Gasteiger partial charge >= 0.3 is 11.9 Å². The van der Waals surface area contributed by atoms with Crippen LogP contribution in [0.15, 0.2) is 47.5 Å². The number of nitrogens with two attached hydrogens (primary N) is 2. The van der Waals surface area contributed by atoms with E-state index in [9.17, 15) is 43.8 Å². The zero-order valence-electron chi connectivity index (χ0n) is 28.8. The third-order valence-electron chi connectivity index (χ3n) is 8.96. The van der Waals surface area contributed by atoms with Gasteiger partial charge in [-0.15, -0.1) is 11.8 Å². The second-order valence-corrected chi connectivity index (χ2v) is 16.2. The van der Waals surface area contributed by atoms with Crippen LogP contribution in [0.2, 0.25) is 0 Å². The number of nitrogens with zero attached hydrogens (tertiary/aromatic N) is 2. The molecule has 0 bridgehead atoms. The van der Waals surface area contributed by atoms with Gasteiger partial charge in [0, 0.05) is 29.4 Å². The Balaban J connectivity index is 1.37. The lowest BCUT2D eigenvalue weighted by Gasteiger charge is -2.26. The van der Waals surface area contributed by atoms with Crippen molar-refractivity contribution in [2.24, 2.45) is 16.5 Å². The number of aliphatic carboxylic acids is 2. The highest BCUT2D eigenvalue weighted by atomic mass is 33.1. The number of carboxylic acids is 2. The standard InChI is InChI=1S/C34H40N8O9S3/c35-34(36)37-10-4-9-22(38-28(44)20-8-3-7-19-18-6-2-1-5-17(18)11-21(19)20)29(45)40-24-13-53-54-14-25(33(50)51)41-31(47)26-15-52-16-42(26)27(43)12-23(32(48)49)39-30(24)46/h1-3,5-8,22-26H,4,9-16H2,(H,38,44)(H,39,46)(H,40,45)(H,41,47)(H,48,49)(H,50,51)(H4,35,36,37)/t22-,23-,24-,25-,26-/m0/s1. The molecule has 2 saturated heterocycles. The highest BCUT2D eigenvalue weighted by molar-refractivity contribution is 8.76. The third-order valence-corrected chi connectivity index (χ3v) is 12.4.